The summed E-state index contributed by atoms with van der Waals surface area (Å²) in [5.74, 6) is -0.301. The largest absolute Gasteiger partial charge is 0.377 e. The molecule has 2 aromatic heterocycles. The molecule has 3 heterocycles. The van der Waals surface area contributed by atoms with Crippen molar-refractivity contribution in [3.8, 4) is 6.07 Å². The van der Waals surface area contributed by atoms with Gasteiger partial charge < -0.3 is 10.6 Å². The molecule has 0 radical (unpaired) electrons. The van der Waals surface area contributed by atoms with Crippen LogP contribution >= 0.6 is 11.6 Å². The molecule has 1 fully saturated rings. The van der Waals surface area contributed by atoms with E-state index in [9.17, 15) is 9.65 Å². The lowest BCUT2D eigenvalue weighted by atomic mass is 9.98. The fourth-order valence-electron chi connectivity index (χ4n) is 6.18. The van der Waals surface area contributed by atoms with Crippen molar-refractivity contribution in [3.05, 3.63) is 112 Å². The molecule has 0 amide bonds. The third-order valence-electron chi connectivity index (χ3n) is 8.83. The number of nitrogens with one attached hydrogen (secondary N) is 2. The number of anilines is 2. The number of fused-ring (bicyclic) bond motifs is 1. The van der Waals surface area contributed by atoms with Crippen LogP contribution in [0.2, 0.25) is 5.02 Å². The van der Waals surface area contributed by atoms with E-state index in [1.54, 1.807) is 12.1 Å². The molecule has 236 valence electrons. The minimum absolute atomic E-state index is 0.153. The van der Waals surface area contributed by atoms with E-state index in [-0.39, 0.29) is 23.4 Å². The lowest BCUT2D eigenvalue weighted by Crippen LogP contribution is -2.46. The van der Waals surface area contributed by atoms with Crippen molar-refractivity contribution in [2.45, 2.75) is 64.2 Å². The molecule has 8 nitrogen and oxygen atoms in total. The number of benzene rings is 3. The molecule has 2 N–H and O–H groups in total. The summed E-state index contributed by atoms with van der Waals surface area (Å²) < 4.78 is 15.6. The van der Waals surface area contributed by atoms with Crippen molar-refractivity contribution in [1.82, 2.24) is 24.9 Å². The molecule has 46 heavy (non-hydrogen) atoms. The van der Waals surface area contributed by atoms with E-state index in [1.807, 2.05) is 41.9 Å². The second-order valence-corrected chi connectivity index (χ2v) is 13.3. The SMILES string of the molecule is C[C@@H](Nc1c(C#N)cnc2c(Cl)cc(N[C@@H](c3ccccc3)c3cn(C4CCN(C(C)(C)C)CC4)nn3)cc12)c1ccc(F)cc1. The number of nitrogens with zero attached hydrogens (tertiary/aromatic N) is 6. The Morgan fingerprint density at radius 2 is 1.72 bits per heavy atom. The predicted molar refractivity (Wildman–Crippen MR) is 181 cm³/mol. The van der Waals surface area contributed by atoms with Crippen LogP contribution in [0.25, 0.3) is 10.9 Å². The van der Waals surface area contributed by atoms with E-state index in [1.165, 1.54) is 18.3 Å². The van der Waals surface area contributed by atoms with E-state index in [4.69, 9.17) is 11.6 Å². The van der Waals surface area contributed by atoms with E-state index in [0.29, 0.717) is 33.2 Å². The molecule has 3 aromatic carbocycles. The van der Waals surface area contributed by atoms with E-state index < -0.39 is 0 Å². The Labute approximate surface area is 274 Å². The molecule has 1 aliphatic heterocycles. The number of aromatic nitrogens is 4. The van der Waals surface area contributed by atoms with Gasteiger partial charge in [0.15, 0.2) is 0 Å². The average molecular weight is 637 g/mol. The van der Waals surface area contributed by atoms with Crippen molar-refractivity contribution < 1.29 is 4.39 Å². The van der Waals surface area contributed by atoms with Crippen molar-refractivity contribution in [1.29, 1.82) is 5.26 Å². The van der Waals surface area contributed by atoms with Crippen LogP contribution in [0.3, 0.4) is 0 Å². The second-order valence-electron chi connectivity index (χ2n) is 12.9. The van der Waals surface area contributed by atoms with Gasteiger partial charge >= 0.3 is 0 Å². The molecule has 10 heteroatoms. The summed E-state index contributed by atoms with van der Waals surface area (Å²) in [6, 6.07) is 22.3. The molecule has 0 bridgehead atoms. The quantitative estimate of drug-likeness (QED) is 0.177. The monoisotopic (exact) mass is 636 g/mol. The second kappa shape index (κ2) is 13.1. The van der Waals surface area contributed by atoms with Crippen molar-refractivity contribution in [2.24, 2.45) is 0 Å². The minimum atomic E-state index is -0.306. The number of hydrogen-bond donors (Lipinski definition) is 2. The van der Waals surface area contributed by atoms with Crippen LogP contribution < -0.4 is 10.6 Å². The summed E-state index contributed by atoms with van der Waals surface area (Å²) in [7, 11) is 0. The minimum Gasteiger partial charge on any atom is -0.377 e. The van der Waals surface area contributed by atoms with Gasteiger partial charge in [0.25, 0.3) is 0 Å². The van der Waals surface area contributed by atoms with Crippen molar-refractivity contribution in [2.75, 3.05) is 23.7 Å². The third kappa shape index (κ3) is 6.69. The molecule has 6 rings (SSSR count). The smallest absolute Gasteiger partial charge is 0.123 e. The van der Waals surface area contributed by atoms with Crippen LogP contribution in [-0.2, 0) is 0 Å². The lowest BCUT2D eigenvalue weighted by molar-refractivity contribution is 0.0866. The Hall–Kier alpha value is -4.52. The number of likely N-dealkylation sites (tertiary alicyclic amines) is 1. The molecule has 2 atom stereocenters. The highest BCUT2D eigenvalue weighted by molar-refractivity contribution is 6.35. The summed E-state index contributed by atoms with van der Waals surface area (Å²) >= 11 is 6.83. The highest BCUT2D eigenvalue weighted by Gasteiger charge is 2.29. The normalized spacial score (nSPS) is 15.8. The highest BCUT2D eigenvalue weighted by Crippen LogP contribution is 2.37. The Bertz CT molecular complexity index is 1850. The zero-order chi connectivity index (χ0) is 32.4. The van der Waals surface area contributed by atoms with Gasteiger partial charge in [0, 0.05) is 41.9 Å². The maximum Gasteiger partial charge on any atom is 0.123 e. The molecule has 0 saturated carbocycles. The molecule has 0 spiro atoms. The number of nitriles is 1. The van der Waals surface area contributed by atoms with Gasteiger partial charge in [-0.3, -0.25) is 9.88 Å². The molecule has 1 aliphatic rings. The van der Waals surface area contributed by atoms with Crippen LogP contribution in [0.15, 0.2) is 79.1 Å². The fraction of sp³-hybridized carbons (Fsp3) is 0.333. The maximum atomic E-state index is 13.6. The topological polar surface area (TPSA) is 94.7 Å². The summed E-state index contributed by atoms with van der Waals surface area (Å²) in [4.78, 5) is 7.04. The molecular weight excluding hydrogens is 599 g/mol. The number of hydrogen-bond acceptors (Lipinski definition) is 7. The first-order chi connectivity index (χ1) is 22.1. The molecule has 5 aromatic rings. The zero-order valence-electron chi connectivity index (χ0n) is 26.5. The van der Waals surface area contributed by atoms with Gasteiger partial charge in [-0.25, -0.2) is 9.07 Å². The van der Waals surface area contributed by atoms with Gasteiger partial charge in [0.2, 0.25) is 0 Å². The summed E-state index contributed by atoms with van der Waals surface area (Å²) in [5.41, 5.74) is 5.17. The third-order valence-corrected chi connectivity index (χ3v) is 9.12. The van der Waals surface area contributed by atoms with Gasteiger partial charge in [-0.1, -0.05) is 59.3 Å². The zero-order valence-corrected chi connectivity index (χ0v) is 27.3. The standard InChI is InChI=1S/C36H38ClFN8/c1-23(24-10-12-27(38)13-11-24)41-33-26(20-39)21-40-35-30(33)18-28(19-31(35)37)42-34(25-8-6-5-7-9-25)32-22-46(44-43-32)29-14-16-45(17-15-29)36(2,3)4/h5-13,18-19,21-23,29,34,42H,14-17H2,1-4H3,(H,40,41)/t23-,34+/m1/s1. The lowest BCUT2D eigenvalue weighted by Gasteiger charge is -2.40. The highest BCUT2D eigenvalue weighted by atomic mass is 35.5. The van der Waals surface area contributed by atoms with E-state index in [0.717, 1.165) is 48.4 Å². The van der Waals surface area contributed by atoms with Crippen molar-refractivity contribution in [3.63, 3.8) is 0 Å². The van der Waals surface area contributed by atoms with Crippen LogP contribution in [0, 0.1) is 17.1 Å². The Kier molecular flexibility index (Phi) is 8.94. The Balaban J connectivity index is 1.33. The number of halogens is 2. The molecule has 1 saturated heterocycles. The van der Waals surface area contributed by atoms with Crippen LogP contribution in [0.5, 0.6) is 0 Å². The first-order valence-corrected chi connectivity index (χ1v) is 16.0. The summed E-state index contributed by atoms with van der Waals surface area (Å²) in [6.07, 6.45) is 5.61. The molecular formula is C36H38ClFN8. The van der Waals surface area contributed by atoms with Gasteiger partial charge in [0.05, 0.1) is 40.1 Å². The van der Waals surface area contributed by atoms with Gasteiger partial charge in [-0.15, -0.1) is 5.10 Å². The summed E-state index contributed by atoms with van der Waals surface area (Å²) in [5, 5.41) is 27.5. The number of rotatable bonds is 8. The number of pyridine rings is 1. The Morgan fingerprint density at radius 1 is 1.00 bits per heavy atom. The Morgan fingerprint density at radius 3 is 2.39 bits per heavy atom. The van der Waals surface area contributed by atoms with Gasteiger partial charge in [0.1, 0.15) is 17.6 Å². The first-order valence-electron chi connectivity index (χ1n) is 15.6. The maximum absolute atomic E-state index is 13.6. The predicted octanol–water partition coefficient (Wildman–Crippen LogP) is 8.30. The van der Waals surface area contributed by atoms with Gasteiger partial charge in [-0.05, 0) is 75.9 Å². The van der Waals surface area contributed by atoms with Gasteiger partial charge in [-0.2, -0.15) is 5.26 Å². The van der Waals surface area contributed by atoms with E-state index >= 15 is 0 Å². The molecule has 0 aliphatic carbocycles. The van der Waals surface area contributed by atoms with Crippen LogP contribution in [-0.4, -0.2) is 43.5 Å². The van der Waals surface area contributed by atoms with E-state index in [2.05, 4.69) is 76.0 Å². The molecule has 0 unspecified atom stereocenters. The van der Waals surface area contributed by atoms with Crippen molar-refractivity contribution >= 4 is 33.9 Å². The fourth-order valence-corrected chi connectivity index (χ4v) is 6.45. The number of piperidine rings is 1. The first kappa shape index (κ1) is 31.5. The summed E-state index contributed by atoms with van der Waals surface area (Å²) in [6.45, 7) is 10.8. The van der Waals surface area contributed by atoms with Crippen LogP contribution in [0.1, 0.15) is 81.0 Å². The van der Waals surface area contributed by atoms with Crippen LogP contribution in [0.4, 0.5) is 15.8 Å². The average Bonchev–Trinajstić information content (AvgIpc) is 3.54.